The Labute approximate surface area is 147 Å². The molecule has 0 spiro atoms. The molecular formula is C20H34N2O2. The van der Waals surface area contributed by atoms with Gasteiger partial charge >= 0.3 is 0 Å². The van der Waals surface area contributed by atoms with Gasteiger partial charge < -0.3 is 20.9 Å². The predicted molar refractivity (Wildman–Crippen MR) is 100 cm³/mol. The Morgan fingerprint density at radius 2 is 2.08 bits per heavy atom. The van der Waals surface area contributed by atoms with Crippen molar-refractivity contribution in [1.82, 2.24) is 5.32 Å². The van der Waals surface area contributed by atoms with Gasteiger partial charge in [0.25, 0.3) is 0 Å². The Hall–Kier alpha value is -1.60. The van der Waals surface area contributed by atoms with Crippen molar-refractivity contribution < 1.29 is 9.84 Å². The number of hydrogen-bond acceptors (Lipinski definition) is 4. The lowest BCUT2D eigenvalue weighted by molar-refractivity contribution is 0.183. The van der Waals surface area contributed by atoms with Gasteiger partial charge in [0.15, 0.2) is 5.88 Å². The molecular weight excluding hydrogens is 300 g/mol. The molecule has 1 rings (SSSR count). The number of unbranched alkanes of at least 4 members (excludes halogenated alkanes) is 1. The maximum Gasteiger partial charge on any atom is 0.179 e. The van der Waals surface area contributed by atoms with Crippen molar-refractivity contribution in [3.8, 4) is 11.8 Å². The summed E-state index contributed by atoms with van der Waals surface area (Å²) in [5.74, 6) is 7.92. The van der Waals surface area contributed by atoms with Gasteiger partial charge in [0.2, 0.25) is 0 Å². The standard InChI is InChI=1S/C20H34N2O2/c1-17(23)20(21)14-8-9-15-22-18(2)24-16-10-13-19-11-6-4-3-5-7-12-19/h19-20,22-23H,1-6,8-11,13-16,21H2. The van der Waals surface area contributed by atoms with Gasteiger partial charge in [-0.05, 0) is 51.5 Å². The summed E-state index contributed by atoms with van der Waals surface area (Å²) in [6.07, 6.45) is 10.9. The van der Waals surface area contributed by atoms with Crippen LogP contribution in [0.4, 0.5) is 0 Å². The van der Waals surface area contributed by atoms with E-state index >= 15 is 0 Å². The molecule has 4 heteroatoms. The van der Waals surface area contributed by atoms with Crippen LogP contribution in [0.5, 0.6) is 0 Å². The van der Waals surface area contributed by atoms with Crippen LogP contribution in [0.15, 0.2) is 24.8 Å². The highest BCUT2D eigenvalue weighted by molar-refractivity contribution is 5.04. The minimum atomic E-state index is -0.319. The Morgan fingerprint density at radius 3 is 2.88 bits per heavy atom. The van der Waals surface area contributed by atoms with Gasteiger partial charge in [-0.15, -0.1) is 5.92 Å². The van der Waals surface area contributed by atoms with E-state index < -0.39 is 0 Å². The fraction of sp³-hybridized carbons (Fsp3) is 0.700. The summed E-state index contributed by atoms with van der Waals surface area (Å²) >= 11 is 0. The number of aliphatic hydroxyl groups is 1. The van der Waals surface area contributed by atoms with Crippen molar-refractivity contribution in [2.45, 2.75) is 70.3 Å². The van der Waals surface area contributed by atoms with Crippen LogP contribution in [-0.4, -0.2) is 24.3 Å². The number of nitrogens with two attached hydrogens (primary N) is 1. The molecule has 1 aliphatic carbocycles. The monoisotopic (exact) mass is 334 g/mol. The van der Waals surface area contributed by atoms with Crippen molar-refractivity contribution in [2.24, 2.45) is 11.7 Å². The molecule has 0 fully saturated rings. The average molecular weight is 335 g/mol. The van der Waals surface area contributed by atoms with E-state index in [1.54, 1.807) is 0 Å². The summed E-state index contributed by atoms with van der Waals surface area (Å²) in [5, 5.41) is 12.3. The molecule has 2 unspecified atom stereocenters. The van der Waals surface area contributed by atoms with E-state index in [0.29, 0.717) is 18.4 Å². The first-order valence-corrected chi connectivity index (χ1v) is 9.27. The maximum absolute atomic E-state index is 9.13. The quantitative estimate of drug-likeness (QED) is 0.287. The third kappa shape index (κ3) is 10.2. The molecule has 0 heterocycles. The maximum atomic E-state index is 9.13. The number of aliphatic hydroxyl groups excluding tert-OH is 1. The third-order valence-electron chi connectivity index (χ3n) is 4.33. The molecule has 4 N–H and O–H groups in total. The predicted octanol–water partition coefficient (Wildman–Crippen LogP) is 4.00. The number of nitrogens with one attached hydrogen (secondary N) is 1. The van der Waals surface area contributed by atoms with E-state index in [1.165, 1.54) is 25.7 Å². The van der Waals surface area contributed by atoms with E-state index in [-0.39, 0.29) is 11.8 Å². The van der Waals surface area contributed by atoms with Crippen molar-refractivity contribution in [3.63, 3.8) is 0 Å². The van der Waals surface area contributed by atoms with Crippen LogP contribution in [0.3, 0.4) is 0 Å². The summed E-state index contributed by atoms with van der Waals surface area (Å²) in [6.45, 7) is 8.82. The van der Waals surface area contributed by atoms with Gasteiger partial charge in [-0.1, -0.05) is 25.3 Å². The van der Waals surface area contributed by atoms with Gasteiger partial charge in [-0.3, -0.25) is 0 Å². The Bertz CT molecular complexity index is 437. The van der Waals surface area contributed by atoms with Gasteiger partial charge in [0.05, 0.1) is 12.6 Å². The molecule has 0 bridgehead atoms. The number of hydrogen-bond donors (Lipinski definition) is 3. The molecule has 0 radical (unpaired) electrons. The van der Waals surface area contributed by atoms with E-state index in [2.05, 4.69) is 30.3 Å². The van der Waals surface area contributed by atoms with Crippen LogP contribution < -0.4 is 11.1 Å². The zero-order valence-corrected chi connectivity index (χ0v) is 15.0. The third-order valence-corrected chi connectivity index (χ3v) is 4.33. The van der Waals surface area contributed by atoms with Crippen LogP contribution in [0.1, 0.15) is 64.2 Å². The van der Waals surface area contributed by atoms with Gasteiger partial charge in [-0.25, -0.2) is 0 Å². The van der Waals surface area contributed by atoms with Crippen molar-refractivity contribution >= 4 is 0 Å². The number of ether oxygens (including phenoxy) is 1. The minimum absolute atomic E-state index is 0.0599. The average Bonchev–Trinajstić information content (AvgIpc) is 2.52. The summed E-state index contributed by atoms with van der Waals surface area (Å²) in [4.78, 5) is 0. The molecule has 0 aromatic carbocycles. The first kappa shape index (κ1) is 20.4. The first-order valence-electron chi connectivity index (χ1n) is 9.27. The lowest BCUT2D eigenvalue weighted by atomic mass is 9.94. The largest absolute Gasteiger partial charge is 0.511 e. The van der Waals surface area contributed by atoms with E-state index in [1.807, 2.05) is 0 Å². The SMILES string of the molecule is C=C(NCCCCC(N)C(=C)O)OCCCC1C#CCCCCC1. The topological polar surface area (TPSA) is 67.5 Å². The normalized spacial score (nSPS) is 18.5. The smallest absolute Gasteiger partial charge is 0.179 e. The molecule has 24 heavy (non-hydrogen) atoms. The molecule has 0 saturated carbocycles. The molecule has 0 aromatic heterocycles. The molecule has 1 aliphatic rings. The molecule has 2 atom stereocenters. The van der Waals surface area contributed by atoms with Crippen LogP contribution in [-0.2, 0) is 4.74 Å². The highest BCUT2D eigenvalue weighted by atomic mass is 16.5. The van der Waals surface area contributed by atoms with Crippen molar-refractivity contribution in [3.05, 3.63) is 24.8 Å². The fourth-order valence-electron chi connectivity index (χ4n) is 2.75. The van der Waals surface area contributed by atoms with E-state index in [9.17, 15) is 0 Å². The van der Waals surface area contributed by atoms with Gasteiger partial charge in [-0.2, -0.15) is 0 Å². The molecule has 4 nitrogen and oxygen atoms in total. The summed E-state index contributed by atoms with van der Waals surface area (Å²) < 4.78 is 5.62. The molecule has 0 saturated heterocycles. The second-order valence-electron chi connectivity index (χ2n) is 6.55. The Morgan fingerprint density at radius 1 is 1.25 bits per heavy atom. The molecule has 136 valence electrons. The van der Waals surface area contributed by atoms with Crippen LogP contribution in [0.2, 0.25) is 0 Å². The molecule has 0 amide bonds. The zero-order chi connectivity index (χ0) is 17.6. The van der Waals surface area contributed by atoms with E-state index in [0.717, 1.165) is 45.1 Å². The minimum Gasteiger partial charge on any atom is -0.511 e. The Kier molecular flexibility index (Phi) is 10.9. The highest BCUT2D eigenvalue weighted by Crippen LogP contribution is 2.17. The highest BCUT2D eigenvalue weighted by Gasteiger charge is 2.07. The van der Waals surface area contributed by atoms with Crippen LogP contribution in [0.25, 0.3) is 0 Å². The van der Waals surface area contributed by atoms with E-state index in [4.69, 9.17) is 15.6 Å². The summed E-state index contributed by atoms with van der Waals surface area (Å²) in [7, 11) is 0. The van der Waals surface area contributed by atoms with Crippen molar-refractivity contribution in [1.29, 1.82) is 0 Å². The van der Waals surface area contributed by atoms with Crippen molar-refractivity contribution in [2.75, 3.05) is 13.2 Å². The fourth-order valence-corrected chi connectivity index (χ4v) is 2.75. The van der Waals surface area contributed by atoms with Gasteiger partial charge in [0, 0.05) is 18.9 Å². The van der Waals surface area contributed by atoms with Crippen LogP contribution >= 0.6 is 0 Å². The lowest BCUT2D eigenvalue weighted by Gasteiger charge is -2.14. The molecule has 0 aliphatic heterocycles. The molecule has 0 aromatic rings. The Balaban J connectivity index is 1.98. The second kappa shape index (κ2) is 12.8. The van der Waals surface area contributed by atoms with Gasteiger partial charge in [0.1, 0.15) is 5.76 Å². The van der Waals surface area contributed by atoms with Crippen LogP contribution in [0, 0.1) is 17.8 Å². The lowest BCUT2D eigenvalue weighted by Crippen LogP contribution is -2.22. The zero-order valence-electron chi connectivity index (χ0n) is 15.0. The first-order chi connectivity index (χ1) is 11.6. The summed E-state index contributed by atoms with van der Waals surface area (Å²) in [5.41, 5.74) is 5.70. The second-order valence-corrected chi connectivity index (χ2v) is 6.55. The summed E-state index contributed by atoms with van der Waals surface area (Å²) in [6, 6.07) is -0.319. The number of rotatable bonds is 12.